The lowest BCUT2D eigenvalue weighted by Gasteiger charge is -2.12. The minimum atomic E-state index is -0.0241. The quantitative estimate of drug-likeness (QED) is 0.632. The van der Waals surface area contributed by atoms with Gasteiger partial charge in [-0.25, -0.2) is 0 Å². The fraction of sp³-hybridized carbons (Fsp3) is 0.182. The first kappa shape index (κ1) is 19.1. The number of ether oxygens (including phenoxy) is 2. The fourth-order valence-corrected chi connectivity index (χ4v) is 2.73. The third-order valence-electron chi connectivity index (χ3n) is 4.22. The Morgan fingerprint density at radius 3 is 2.50 bits per heavy atom. The molecular formula is C22H21N3O3. The van der Waals surface area contributed by atoms with E-state index >= 15 is 0 Å². The number of rotatable bonds is 7. The molecule has 0 aliphatic rings. The number of benzene rings is 2. The summed E-state index contributed by atoms with van der Waals surface area (Å²) in [6.45, 7) is 2.00. The summed E-state index contributed by atoms with van der Waals surface area (Å²) in [6, 6.07) is 17.5. The van der Waals surface area contributed by atoms with Gasteiger partial charge in [0, 0.05) is 6.08 Å². The number of nitriles is 1. The number of oxazole rings is 1. The first-order chi connectivity index (χ1) is 13.6. The highest BCUT2D eigenvalue weighted by molar-refractivity contribution is 5.69. The molecule has 2 aromatic carbocycles. The zero-order chi connectivity index (χ0) is 19.9. The van der Waals surface area contributed by atoms with Crippen molar-refractivity contribution >= 4 is 18.0 Å². The fourth-order valence-electron chi connectivity index (χ4n) is 2.73. The van der Waals surface area contributed by atoms with E-state index in [2.05, 4.69) is 16.4 Å². The smallest absolute Gasteiger partial charge is 0.233 e. The second-order valence-electron chi connectivity index (χ2n) is 6.07. The zero-order valence-electron chi connectivity index (χ0n) is 16.0. The molecule has 0 radical (unpaired) electrons. The molecule has 0 aliphatic carbocycles. The van der Waals surface area contributed by atoms with Crippen LogP contribution in [-0.4, -0.2) is 19.2 Å². The van der Waals surface area contributed by atoms with Crippen molar-refractivity contribution in [2.75, 3.05) is 19.5 Å². The number of nitrogens with one attached hydrogen (secondary N) is 1. The minimum absolute atomic E-state index is 0.0241. The average molecular weight is 375 g/mol. The van der Waals surface area contributed by atoms with E-state index in [9.17, 15) is 5.26 Å². The highest BCUT2D eigenvalue weighted by Gasteiger charge is 2.15. The van der Waals surface area contributed by atoms with Crippen LogP contribution in [0.3, 0.4) is 0 Å². The largest absolute Gasteiger partial charge is 0.493 e. The van der Waals surface area contributed by atoms with Crippen molar-refractivity contribution < 1.29 is 13.9 Å². The van der Waals surface area contributed by atoms with Crippen molar-refractivity contribution in [2.45, 2.75) is 13.0 Å². The Labute approximate surface area is 164 Å². The van der Waals surface area contributed by atoms with E-state index < -0.39 is 0 Å². The number of anilines is 1. The van der Waals surface area contributed by atoms with Gasteiger partial charge in [-0.15, -0.1) is 0 Å². The molecule has 1 aromatic heterocycles. The summed E-state index contributed by atoms with van der Waals surface area (Å²) in [7, 11) is 3.18. The van der Waals surface area contributed by atoms with Crippen LogP contribution < -0.4 is 14.8 Å². The topological polar surface area (TPSA) is 80.3 Å². The van der Waals surface area contributed by atoms with Crippen molar-refractivity contribution in [3.63, 3.8) is 0 Å². The maximum atomic E-state index is 9.36. The maximum Gasteiger partial charge on any atom is 0.233 e. The summed E-state index contributed by atoms with van der Waals surface area (Å²) >= 11 is 0. The third-order valence-corrected chi connectivity index (χ3v) is 4.22. The number of nitrogens with zero attached hydrogens (tertiary/aromatic N) is 2. The Bertz CT molecular complexity index is 1000. The molecule has 6 heteroatoms. The monoisotopic (exact) mass is 375 g/mol. The summed E-state index contributed by atoms with van der Waals surface area (Å²) in [4.78, 5) is 4.23. The molecule has 1 unspecified atom stereocenters. The van der Waals surface area contributed by atoms with Gasteiger partial charge < -0.3 is 19.2 Å². The maximum absolute atomic E-state index is 9.36. The Balaban J connectivity index is 1.79. The second-order valence-corrected chi connectivity index (χ2v) is 6.07. The Kier molecular flexibility index (Phi) is 5.97. The van der Waals surface area contributed by atoms with Crippen molar-refractivity contribution in [2.24, 2.45) is 0 Å². The molecule has 0 spiro atoms. The number of aromatic nitrogens is 1. The van der Waals surface area contributed by atoms with Gasteiger partial charge in [-0.2, -0.15) is 10.2 Å². The zero-order valence-corrected chi connectivity index (χ0v) is 16.0. The van der Waals surface area contributed by atoms with E-state index in [1.54, 1.807) is 20.3 Å². The Morgan fingerprint density at radius 2 is 1.82 bits per heavy atom. The molecule has 3 rings (SSSR count). The first-order valence-electron chi connectivity index (χ1n) is 8.77. The highest BCUT2D eigenvalue weighted by Crippen LogP contribution is 2.29. The molecule has 0 aliphatic heterocycles. The van der Waals surface area contributed by atoms with Gasteiger partial charge in [-0.05, 0) is 36.3 Å². The first-order valence-corrected chi connectivity index (χ1v) is 8.77. The summed E-state index contributed by atoms with van der Waals surface area (Å²) < 4.78 is 16.3. The van der Waals surface area contributed by atoms with Gasteiger partial charge in [-0.3, -0.25) is 0 Å². The molecule has 142 valence electrons. The van der Waals surface area contributed by atoms with E-state index in [0.29, 0.717) is 23.3 Å². The lowest BCUT2D eigenvalue weighted by molar-refractivity contribution is 0.355. The van der Waals surface area contributed by atoms with Crippen LogP contribution in [0.15, 0.2) is 52.9 Å². The van der Waals surface area contributed by atoms with Crippen molar-refractivity contribution in [3.8, 4) is 17.6 Å². The lowest BCUT2D eigenvalue weighted by atomic mass is 10.1. The molecule has 0 saturated carbocycles. The molecular weight excluding hydrogens is 354 g/mol. The van der Waals surface area contributed by atoms with E-state index in [1.807, 2.05) is 61.5 Å². The van der Waals surface area contributed by atoms with Crippen LogP contribution in [0.2, 0.25) is 0 Å². The molecule has 3 aromatic rings. The van der Waals surface area contributed by atoms with Crippen LogP contribution in [-0.2, 0) is 0 Å². The van der Waals surface area contributed by atoms with E-state index in [-0.39, 0.29) is 11.7 Å². The summed E-state index contributed by atoms with van der Waals surface area (Å²) in [5.41, 5.74) is 2.20. The van der Waals surface area contributed by atoms with Crippen molar-refractivity contribution in [1.82, 2.24) is 4.98 Å². The third kappa shape index (κ3) is 4.33. The van der Waals surface area contributed by atoms with Gasteiger partial charge in [0.2, 0.25) is 17.5 Å². The van der Waals surface area contributed by atoms with Crippen LogP contribution >= 0.6 is 0 Å². The van der Waals surface area contributed by atoms with Gasteiger partial charge in [-0.1, -0.05) is 36.4 Å². The van der Waals surface area contributed by atoms with Crippen molar-refractivity contribution in [1.29, 1.82) is 5.26 Å². The van der Waals surface area contributed by atoms with Crippen LogP contribution in [0, 0.1) is 11.3 Å². The number of hydrogen-bond acceptors (Lipinski definition) is 6. The summed E-state index contributed by atoms with van der Waals surface area (Å²) in [5.74, 6) is 1.98. The molecule has 0 bridgehead atoms. The van der Waals surface area contributed by atoms with Gasteiger partial charge >= 0.3 is 0 Å². The summed E-state index contributed by atoms with van der Waals surface area (Å²) in [6.07, 6.45) is 3.54. The molecule has 0 amide bonds. The van der Waals surface area contributed by atoms with Crippen LogP contribution in [0.25, 0.3) is 12.2 Å². The van der Waals surface area contributed by atoms with Gasteiger partial charge in [0.1, 0.15) is 6.07 Å². The molecule has 28 heavy (non-hydrogen) atoms. The van der Waals surface area contributed by atoms with Crippen molar-refractivity contribution in [3.05, 3.63) is 71.2 Å². The van der Waals surface area contributed by atoms with E-state index in [4.69, 9.17) is 13.9 Å². The minimum Gasteiger partial charge on any atom is -0.493 e. The van der Waals surface area contributed by atoms with Gasteiger partial charge in [0.05, 0.1) is 20.3 Å². The van der Waals surface area contributed by atoms with Crippen LogP contribution in [0.1, 0.15) is 35.7 Å². The molecule has 1 atom stereocenters. The molecule has 0 fully saturated rings. The predicted octanol–water partition coefficient (Wildman–Crippen LogP) is 4.91. The van der Waals surface area contributed by atoms with Crippen LogP contribution in [0.4, 0.5) is 5.88 Å². The molecule has 1 N–H and O–H groups in total. The SMILES string of the molecule is COc1ccc(/C=C/c2nc(C#N)c(NC(C)c3ccccc3)o2)cc1OC. The van der Waals surface area contributed by atoms with E-state index in [1.165, 1.54) is 0 Å². The molecule has 6 nitrogen and oxygen atoms in total. The highest BCUT2D eigenvalue weighted by atomic mass is 16.5. The predicted molar refractivity (Wildman–Crippen MR) is 108 cm³/mol. The second kappa shape index (κ2) is 8.78. The van der Waals surface area contributed by atoms with Gasteiger partial charge in [0.25, 0.3) is 0 Å². The lowest BCUT2D eigenvalue weighted by Crippen LogP contribution is -2.06. The number of hydrogen-bond donors (Lipinski definition) is 1. The number of methoxy groups -OCH3 is 2. The molecule has 1 heterocycles. The summed E-state index contributed by atoms with van der Waals surface area (Å²) in [5, 5.41) is 12.6. The van der Waals surface area contributed by atoms with Crippen LogP contribution in [0.5, 0.6) is 11.5 Å². The Morgan fingerprint density at radius 1 is 1.07 bits per heavy atom. The standard InChI is InChI=1S/C22H21N3O3/c1-15(17-7-5-4-6-8-17)24-22-18(14-23)25-21(28-22)12-10-16-9-11-19(26-2)20(13-16)27-3/h4-13,15,24H,1-3H3/b12-10+. The normalized spacial score (nSPS) is 11.8. The van der Waals surface area contributed by atoms with Gasteiger partial charge in [0.15, 0.2) is 11.5 Å². The Hall–Kier alpha value is -3.72. The van der Waals surface area contributed by atoms with E-state index in [0.717, 1.165) is 11.1 Å². The molecule has 0 saturated heterocycles. The average Bonchev–Trinajstić information content (AvgIpc) is 3.14.